The Morgan fingerprint density at radius 1 is 1.54 bits per heavy atom. The molecule has 1 aromatic carbocycles. The van der Waals surface area contributed by atoms with Gasteiger partial charge in [-0.1, -0.05) is 28.1 Å². The Kier molecular flexibility index (Phi) is 5.60. The lowest BCUT2D eigenvalue weighted by molar-refractivity contribution is 0.102. The molecule has 0 saturated heterocycles. The van der Waals surface area contributed by atoms with Gasteiger partial charge < -0.3 is 0 Å². The number of ketones is 1. The van der Waals surface area contributed by atoms with Crippen molar-refractivity contribution < 1.29 is 4.79 Å². The number of hydrogen-bond acceptors (Lipinski definition) is 2. The molecule has 2 nitrogen and oxygen atoms in total. The number of carbonyl (C=O) groups is 1. The Balaban J connectivity index is 0.00000144. The zero-order valence-electron chi connectivity index (χ0n) is 6.66. The Bertz CT molecular complexity index is 344. The average Bonchev–Trinajstić information content (AvgIpc) is 2.17. The van der Waals surface area contributed by atoms with Crippen molar-refractivity contribution in [2.45, 2.75) is 0 Å². The summed E-state index contributed by atoms with van der Waals surface area (Å²) < 4.78 is 0. The number of halogens is 2. The first kappa shape index (κ1) is 12.3. The van der Waals surface area contributed by atoms with Gasteiger partial charge in [0, 0.05) is 5.56 Å². The molecule has 1 rings (SSSR count). The van der Waals surface area contributed by atoms with E-state index in [1.54, 1.807) is 24.3 Å². The fourth-order valence-electron chi connectivity index (χ4n) is 0.839. The van der Waals surface area contributed by atoms with Gasteiger partial charge in [-0.3, -0.25) is 4.79 Å². The average molecular weight is 305 g/mol. The van der Waals surface area contributed by atoms with E-state index < -0.39 is 0 Å². The minimum atomic E-state index is -0.00731. The third-order valence-corrected chi connectivity index (χ3v) is 1.94. The molecule has 0 fully saturated rings. The molecule has 0 bridgehead atoms. The van der Waals surface area contributed by atoms with Gasteiger partial charge in [-0.25, -0.2) is 0 Å². The van der Waals surface area contributed by atoms with E-state index in [0.717, 1.165) is 0 Å². The first-order valence-electron chi connectivity index (χ1n) is 3.37. The first-order valence-corrected chi connectivity index (χ1v) is 4.49. The van der Waals surface area contributed by atoms with Gasteiger partial charge in [0.1, 0.15) is 0 Å². The Morgan fingerprint density at radius 2 is 2.23 bits per heavy atom. The van der Waals surface area contributed by atoms with E-state index in [1.807, 2.05) is 6.07 Å². The van der Waals surface area contributed by atoms with Crippen LogP contribution in [-0.2, 0) is 0 Å². The number of nitriles is 1. The summed E-state index contributed by atoms with van der Waals surface area (Å²) in [6.45, 7) is 0. The van der Waals surface area contributed by atoms with Crippen LogP contribution in [0.5, 0.6) is 0 Å². The van der Waals surface area contributed by atoms with E-state index in [-0.39, 0.29) is 22.8 Å². The fourth-order valence-corrected chi connectivity index (χ4v) is 1.16. The number of rotatable bonds is 2. The van der Waals surface area contributed by atoms with E-state index in [2.05, 4.69) is 15.9 Å². The van der Waals surface area contributed by atoms with Crippen molar-refractivity contribution in [1.82, 2.24) is 0 Å². The van der Waals surface area contributed by atoms with Gasteiger partial charge in [0.2, 0.25) is 0 Å². The van der Waals surface area contributed by atoms with E-state index >= 15 is 0 Å². The van der Waals surface area contributed by atoms with Crippen LogP contribution in [0.25, 0.3) is 0 Å². The van der Waals surface area contributed by atoms with Crippen molar-refractivity contribution in [2.24, 2.45) is 0 Å². The SMILES string of the molecule is Br.N#Cc1cccc(C(=O)CBr)c1. The smallest absolute Gasteiger partial charge is 0.173 e. The summed E-state index contributed by atoms with van der Waals surface area (Å²) in [5.74, 6) is -0.00731. The summed E-state index contributed by atoms with van der Waals surface area (Å²) in [5, 5.41) is 8.84. The largest absolute Gasteiger partial charge is 0.293 e. The number of Topliss-reactive ketones (excluding diaryl/α,β-unsaturated/α-hetero) is 1. The second-order valence-electron chi connectivity index (χ2n) is 2.25. The summed E-state index contributed by atoms with van der Waals surface area (Å²) in [4.78, 5) is 11.1. The first-order chi connectivity index (χ1) is 5.77. The summed E-state index contributed by atoms with van der Waals surface area (Å²) in [6.07, 6.45) is 0. The molecule has 0 aliphatic carbocycles. The van der Waals surface area contributed by atoms with Gasteiger partial charge in [0.05, 0.1) is 17.0 Å². The van der Waals surface area contributed by atoms with Crippen LogP contribution in [0.15, 0.2) is 24.3 Å². The van der Waals surface area contributed by atoms with Crippen LogP contribution >= 0.6 is 32.9 Å². The Morgan fingerprint density at radius 3 is 2.77 bits per heavy atom. The summed E-state index contributed by atoms with van der Waals surface area (Å²) in [6, 6.07) is 8.64. The molecule has 0 atom stereocenters. The standard InChI is InChI=1S/C9H6BrNO.BrH/c10-5-9(12)8-3-1-2-7(4-8)6-11;/h1-4H,5H2;1H. The lowest BCUT2D eigenvalue weighted by atomic mass is 10.1. The molecule has 0 unspecified atom stereocenters. The minimum absolute atomic E-state index is 0. The molecule has 68 valence electrons. The predicted octanol–water partition coefficient (Wildman–Crippen LogP) is 2.71. The molecule has 0 spiro atoms. The van der Waals surface area contributed by atoms with Crippen LogP contribution in [0.3, 0.4) is 0 Å². The van der Waals surface area contributed by atoms with Crippen LogP contribution in [0.2, 0.25) is 0 Å². The summed E-state index contributed by atoms with van der Waals surface area (Å²) in [5.41, 5.74) is 1.09. The lowest BCUT2D eigenvalue weighted by Gasteiger charge is -1.95. The molecule has 0 aliphatic heterocycles. The Hall–Kier alpha value is -0.660. The molecule has 0 amide bonds. The molecule has 0 aromatic heterocycles. The van der Waals surface area contributed by atoms with Crippen LogP contribution in [0, 0.1) is 11.3 Å². The maximum atomic E-state index is 11.1. The second-order valence-corrected chi connectivity index (χ2v) is 2.81. The number of benzene rings is 1. The molecule has 0 radical (unpaired) electrons. The molecular formula is C9H7Br2NO. The quantitative estimate of drug-likeness (QED) is 0.622. The highest BCUT2D eigenvalue weighted by atomic mass is 79.9. The van der Waals surface area contributed by atoms with Crippen LogP contribution in [-0.4, -0.2) is 11.1 Å². The van der Waals surface area contributed by atoms with E-state index in [4.69, 9.17) is 5.26 Å². The molecule has 4 heteroatoms. The molecule has 0 aliphatic rings. The van der Waals surface area contributed by atoms with Gasteiger partial charge in [0.15, 0.2) is 5.78 Å². The van der Waals surface area contributed by atoms with Gasteiger partial charge in [0.25, 0.3) is 0 Å². The highest BCUT2D eigenvalue weighted by Crippen LogP contribution is 2.05. The molecule has 13 heavy (non-hydrogen) atoms. The number of hydrogen-bond donors (Lipinski definition) is 0. The minimum Gasteiger partial charge on any atom is -0.293 e. The maximum absolute atomic E-state index is 11.1. The van der Waals surface area contributed by atoms with Gasteiger partial charge in [-0.05, 0) is 12.1 Å². The van der Waals surface area contributed by atoms with Gasteiger partial charge in [-0.2, -0.15) is 5.26 Å². The van der Waals surface area contributed by atoms with Crippen LogP contribution in [0.4, 0.5) is 0 Å². The van der Waals surface area contributed by atoms with Crippen molar-refractivity contribution in [3.8, 4) is 6.07 Å². The molecule has 0 saturated carbocycles. The number of nitrogens with zero attached hydrogens (tertiary/aromatic N) is 1. The molecular weight excluding hydrogens is 298 g/mol. The van der Waals surface area contributed by atoms with Crippen molar-refractivity contribution in [3.05, 3.63) is 35.4 Å². The molecule has 0 heterocycles. The van der Waals surface area contributed by atoms with E-state index in [0.29, 0.717) is 16.5 Å². The maximum Gasteiger partial charge on any atom is 0.173 e. The normalized spacial score (nSPS) is 8.31. The zero-order chi connectivity index (χ0) is 8.97. The summed E-state index contributed by atoms with van der Waals surface area (Å²) >= 11 is 3.07. The number of alkyl halides is 1. The van der Waals surface area contributed by atoms with Crippen LogP contribution < -0.4 is 0 Å². The third-order valence-electron chi connectivity index (χ3n) is 1.44. The van der Waals surface area contributed by atoms with Crippen LogP contribution in [0.1, 0.15) is 15.9 Å². The van der Waals surface area contributed by atoms with Gasteiger partial charge in [-0.15, -0.1) is 17.0 Å². The highest BCUT2D eigenvalue weighted by molar-refractivity contribution is 9.09. The topological polar surface area (TPSA) is 40.9 Å². The monoisotopic (exact) mass is 303 g/mol. The summed E-state index contributed by atoms with van der Waals surface area (Å²) in [7, 11) is 0. The van der Waals surface area contributed by atoms with E-state index in [1.165, 1.54) is 0 Å². The lowest BCUT2D eigenvalue weighted by Crippen LogP contribution is -1.99. The second kappa shape index (κ2) is 5.90. The van der Waals surface area contributed by atoms with Crippen molar-refractivity contribution in [2.75, 3.05) is 5.33 Å². The van der Waals surface area contributed by atoms with E-state index in [9.17, 15) is 4.79 Å². The van der Waals surface area contributed by atoms with Crippen molar-refractivity contribution in [1.29, 1.82) is 5.26 Å². The molecule has 0 N–H and O–H groups in total. The predicted molar refractivity (Wildman–Crippen MR) is 59.6 cm³/mol. The third kappa shape index (κ3) is 3.29. The fraction of sp³-hybridized carbons (Fsp3) is 0.111. The highest BCUT2D eigenvalue weighted by Gasteiger charge is 2.03. The molecule has 1 aromatic rings. The van der Waals surface area contributed by atoms with Crippen molar-refractivity contribution >= 4 is 38.7 Å². The van der Waals surface area contributed by atoms with Crippen molar-refractivity contribution in [3.63, 3.8) is 0 Å². The zero-order valence-corrected chi connectivity index (χ0v) is 9.96. The number of carbonyl (C=O) groups excluding carboxylic acids is 1. The van der Waals surface area contributed by atoms with Gasteiger partial charge >= 0.3 is 0 Å². The Labute approximate surface area is 95.5 Å².